The number of carbonyl (C=O) groups is 1. The van der Waals surface area contributed by atoms with Crippen molar-refractivity contribution in [1.82, 2.24) is 15.2 Å². The number of ether oxygens (including phenoxy) is 1. The van der Waals surface area contributed by atoms with E-state index in [1.54, 1.807) is 24.4 Å². The van der Waals surface area contributed by atoms with E-state index in [4.69, 9.17) is 4.74 Å². The number of benzene rings is 1. The van der Waals surface area contributed by atoms with Gasteiger partial charge in [-0.3, -0.25) is 14.9 Å². The maximum atomic E-state index is 12.6. The van der Waals surface area contributed by atoms with Gasteiger partial charge in [-0.05, 0) is 6.92 Å². The van der Waals surface area contributed by atoms with Gasteiger partial charge in [-0.15, -0.1) is 21.5 Å². The van der Waals surface area contributed by atoms with Crippen LogP contribution >= 0.6 is 34.4 Å². The van der Waals surface area contributed by atoms with Crippen LogP contribution in [-0.2, 0) is 9.53 Å². The molecule has 1 fully saturated rings. The van der Waals surface area contributed by atoms with Gasteiger partial charge in [0.25, 0.3) is 5.69 Å². The molecular formula is C18H18N6O4S3. The third kappa shape index (κ3) is 5.36. The molecule has 162 valence electrons. The van der Waals surface area contributed by atoms with Crippen molar-refractivity contribution in [3.8, 4) is 11.3 Å². The summed E-state index contributed by atoms with van der Waals surface area (Å²) in [5.41, 5.74) is 1.19. The van der Waals surface area contributed by atoms with Crippen molar-refractivity contribution in [3.63, 3.8) is 0 Å². The minimum atomic E-state index is -0.449. The normalized spacial score (nSPS) is 14.9. The first-order chi connectivity index (χ1) is 15.0. The number of nitrogens with one attached hydrogen (secondary N) is 1. The number of hydrogen-bond donors (Lipinski definition) is 1. The van der Waals surface area contributed by atoms with Gasteiger partial charge in [0.05, 0.1) is 29.1 Å². The Morgan fingerprint density at radius 2 is 2.16 bits per heavy atom. The van der Waals surface area contributed by atoms with Crippen LogP contribution < -0.4 is 10.2 Å². The molecule has 0 spiro atoms. The maximum Gasteiger partial charge on any atom is 0.270 e. The summed E-state index contributed by atoms with van der Waals surface area (Å²) in [5, 5.41) is 24.8. The summed E-state index contributed by atoms with van der Waals surface area (Å²) < 4.78 is 6.07. The quantitative estimate of drug-likeness (QED) is 0.308. The van der Waals surface area contributed by atoms with Crippen LogP contribution in [0, 0.1) is 10.1 Å². The van der Waals surface area contributed by atoms with Crippen LogP contribution in [0.1, 0.15) is 6.92 Å². The third-order valence-corrected chi connectivity index (χ3v) is 7.34. The molecule has 2 aromatic heterocycles. The van der Waals surface area contributed by atoms with Crippen molar-refractivity contribution in [2.75, 3.05) is 36.5 Å². The zero-order chi connectivity index (χ0) is 21.8. The van der Waals surface area contributed by atoms with Gasteiger partial charge in [0.1, 0.15) is 0 Å². The van der Waals surface area contributed by atoms with Crippen molar-refractivity contribution >= 4 is 56.3 Å². The highest BCUT2D eigenvalue weighted by Crippen LogP contribution is 2.32. The topological polar surface area (TPSA) is 123 Å². The predicted molar refractivity (Wildman–Crippen MR) is 121 cm³/mol. The molecule has 3 aromatic rings. The van der Waals surface area contributed by atoms with Crippen molar-refractivity contribution in [2.45, 2.75) is 16.5 Å². The second-order valence-electron chi connectivity index (χ2n) is 6.54. The fourth-order valence-corrected chi connectivity index (χ4v) is 5.55. The number of non-ortho nitro benzene ring substituents is 1. The molecule has 10 nitrogen and oxygen atoms in total. The first-order valence-corrected chi connectivity index (χ1v) is 11.9. The first kappa shape index (κ1) is 21.6. The molecule has 1 atom stereocenters. The van der Waals surface area contributed by atoms with E-state index in [2.05, 4.69) is 25.4 Å². The van der Waals surface area contributed by atoms with E-state index in [1.807, 2.05) is 0 Å². The molecule has 1 aliphatic heterocycles. The SMILES string of the molecule is CC(Sc1nnc(N2CCOCC2)s1)C(=O)Nc1nc(-c2cccc([N+](=O)[O-])c2)cs1. The molecule has 1 saturated heterocycles. The Kier molecular flexibility index (Phi) is 6.75. The molecule has 1 aromatic carbocycles. The number of amides is 1. The Labute approximate surface area is 189 Å². The molecule has 0 radical (unpaired) electrons. The zero-order valence-electron chi connectivity index (χ0n) is 16.4. The Bertz CT molecular complexity index is 1080. The Hall–Kier alpha value is -2.61. The van der Waals surface area contributed by atoms with Crippen LogP contribution in [0.3, 0.4) is 0 Å². The van der Waals surface area contributed by atoms with Crippen LogP contribution in [0.5, 0.6) is 0 Å². The highest BCUT2D eigenvalue weighted by atomic mass is 32.2. The van der Waals surface area contributed by atoms with E-state index in [0.717, 1.165) is 22.6 Å². The molecule has 1 aliphatic rings. The number of thiazole rings is 1. The molecule has 0 saturated carbocycles. The van der Waals surface area contributed by atoms with E-state index in [0.29, 0.717) is 29.6 Å². The predicted octanol–water partition coefficient (Wildman–Crippen LogP) is 3.53. The number of thioether (sulfide) groups is 1. The van der Waals surface area contributed by atoms with Gasteiger partial charge in [0, 0.05) is 36.2 Å². The number of rotatable bonds is 7. The van der Waals surface area contributed by atoms with Crippen molar-refractivity contribution in [3.05, 3.63) is 39.8 Å². The number of anilines is 2. The first-order valence-electron chi connectivity index (χ1n) is 9.33. The smallest absolute Gasteiger partial charge is 0.270 e. The van der Waals surface area contributed by atoms with Crippen LogP contribution in [0.4, 0.5) is 16.0 Å². The fourth-order valence-electron chi connectivity index (χ4n) is 2.79. The van der Waals surface area contributed by atoms with Gasteiger partial charge in [-0.2, -0.15) is 0 Å². The summed E-state index contributed by atoms with van der Waals surface area (Å²) in [5.74, 6) is -0.201. The van der Waals surface area contributed by atoms with E-state index >= 15 is 0 Å². The number of carbonyl (C=O) groups excluding carboxylic acids is 1. The van der Waals surface area contributed by atoms with Crippen LogP contribution in [0.2, 0.25) is 0 Å². The fraction of sp³-hybridized carbons (Fsp3) is 0.333. The number of nitro benzene ring substituents is 1. The Morgan fingerprint density at radius 1 is 1.35 bits per heavy atom. The molecule has 1 N–H and O–H groups in total. The minimum absolute atomic E-state index is 0.00499. The van der Waals surface area contributed by atoms with Gasteiger partial charge in [-0.1, -0.05) is 35.2 Å². The average molecular weight is 479 g/mol. The van der Waals surface area contributed by atoms with E-state index in [-0.39, 0.29) is 11.6 Å². The summed E-state index contributed by atoms with van der Waals surface area (Å²) >= 11 is 4.07. The molecule has 31 heavy (non-hydrogen) atoms. The lowest BCUT2D eigenvalue weighted by molar-refractivity contribution is -0.384. The molecule has 13 heteroatoms. The van der Waals surface area contributed by atoms with Gasteiger partial charge in [0.2, 0.25) is 11.0 Å². The molecular weight excluding hydrogens is 460 g/mol. The van der Waals surface area contributed by atoms with E-state index in [1.165, 1.54) is 46.6 Å². The summed E-state index contributed by atoms with van der Waals surface area (Å²) in [4.78, 5) is 29.6. The number of nitro groups is 1. The Morgan fingerprint density at radius 3 is 2.94 bits per heavy atom. The molecule has 4 rings (SSSR count). The molecule has 1 amide bonds. The maximum absolute atomic E-state index is 12.6. The monoisotopic (exact) mass is 478 g/mol. The second-order valence-corrected chi connectivity index (χ2v) is 9.95. The standard InChI is InChI=1S/C18H18N6O4S3/c1-11(30-18-22-21-17(31-18)23-5-7-28-8-6-23)15(25)20-16-19-14(10-29-16)12-3-2-4-13(9-12)24(26)27/h2-4,9-11H,5-8H2,1H3,(H,19,20,25). The van der Waals surface area contributed by atoms with Gasteiger partial charge in [0.15, 0.2) is 9.47 Å². The summed E-state index contributed by atoms with van der Waals surface area (Å²) in [6, 6.07) is 6.24. The highest BCUT2D eigenvalue weighted by Gasteiger charge is 2.21. The Balaban J connectivity index is 1.36. The summed E-state index contributed by atoms with van der Waals surface area (Å²) in [7, 11) is 0. The second kappa shape index (κ2) is 9.68. The van der Waals surface area contributed by atoms with E-state index < -0.39 is 10.2 Å². The van der Waals surface area contributed by atoms with Gasteiger partial charge in [-0.25, -0.2) is 4.98 Å². The van der Waals surface area contributed by atoms with Crippen LogP contribution in [0.25, 0.3) is 11.3 Å². The summed E-state index contributed by atoms with van der Waals surface area (Å²) in [6.45, 7) is 4.71. The van der Waals surface area contributed by atoms with E-state index in [9.17, 15) is 14.9 Å². The largest absolute Gasteiger partial charge is 0.378 e. The lowest BCUT2D eigenvalue weighted by atomic mass is 10.1. The van der Waals surface area contributed by atoms with Crippen molar-refractivity contribution < 1.29 is 14.5 Å². The van der Waals surface area contributed by atoms with Crippen molar-refractivity contribution in [1.29, 1.82) is 0 Å². The van der Waals surface area contributed by atoms with Gasteiger partial charge < -0.3 is 15.0 Å². The lowest BCUT2D eigenvalue weighted by Gasteiger charge is -2.25. The zero-order valence-corrected chi connectivity index (χ0v) is 18.8. The number of nitrogens with zero attached hydrogens (tertiary/aromatic N) is 5. The molecule has 3 heterocycles. The molecule has 1 unspecified atom stereocenters. The molecule has 0 aliphatic carbocycles. The lowest BCUT2D eigenvalue weighted by Crippen LogP contribution is -2.36. The van der Waals surface area contributed by atoms with Crippen LogP contribution in [0.15, 0.2) is 34.0 Å². The average Bonchev–Trinajstić information content (AvgIpc) is 3.44. The minimum Gasteiger partial charge on any atom is -0.378 e. The third-order valence-electron chi connectivity index (χ3n) is 4.41. The van der Waals surface area contributed by atoms with Crippen LogP contribution in [-0.4, -0.2) is 57.6 Å². The number of hydrogen-bond acceptors (Lipinski definition) is 11. The highest BCUT2D eigenvalue weighted by molar-refractivity contribution is 8.02. The number of aromatic nitrogens is 3. The summed E-state index contributed by atoms with van der Waals surface area (Å²) in [6.07, 6.45) is 0. The van der Waals surface area contributed by atoms with Crippen molar-refractivity contribution in [2.24, 2.45) is 0 Å². The number of morpholine rings is 1. The molecule has 0 bridgehead atoms. The van der Waals surface area contributed by atoms with Gasteiger partial charge >= 0.3 is 0 Å².